The van der Waals surface area contributed by atoms with Crippen LogP contribution in [0.2, 0.25) is 0 Å². The Morgan fingerprint density at radius 1 is 0.955 bits per heavy atom. The highest BCUT2D eigenvalue weighted by molar-refractivity contribution is 5.85. The molecule has 0 saturated carbocycles. The van der Waals surface area contributed by atoms with Gasteiger partial charge in [-0.05, 0) is 64.1 Å². The molecule has 3 aliphatic rings. The van der Waals surface area contributed by atoms with Crippen LogP contribution in [0.3, 0.4) is 0 Å². The van der Waals surface area contributed by atoms with Crippen LogP contribution < -0.4 is 5.32 Å². The van der Waals surface area contributed by atoms with E-state index in [1.165, 1.54) is 58.2 Å². The molecule has 0 aromatic heterocycles. The third-order valence-electron chi connectivity index (χ3n) is 5.40. The smallest absolute Gasteiger partial charge is 0.239 e. The van der Waals surface area contributed by atoms with E-state index in [0.29, 0.717) is 11.8 Å². The second-order valence-electron chi connectivity index (χ2n) is 7.16. The maximum atomic E-state index is 12.5. The number of likely N-dealkylation sites (tertiary alicyclic amines) is 2. The van der Waals surface area contributed by atoms with E-state index in [-0.39, 0.29) is 18.4 Å². The average molecular weight is 330 g/mol. The summed E-state index contributed by atoms with van der Waals surface area (Å²) in [5.41, 5.74) is 0. The zero-order chi connectivity index (χ0) is 14.5. The fraction of sp³-hybridized carbons (Fsp3) is 0.941. The standard InChI is InChI=1S/C17H31N3O.ClH/c21-17(16-8-5-9-18-16)20-12-6-7-15(14-20)13-19-10-3-1-2-4-11-19;/h15-16,18H,1-14H2;1H/t15?,16-;/m0./s1. The van der Waals surface area contributed by atoms with Gasteiger partial charge in [0.15, 0.2) is 0 Å². The number of rotatable bonds is 3. The van der Waals surface area contributed by atoms with Crippen molar-refractivity contribution >= 4 is 18.3 Å². The number of nitrogens with zero attached hydrogens (tertiary/aromatic N) is 2. The topological polar surface area (TPSA) is 35.6 Å². The van der Waals surface area contributed by atoms with E-state index in [2.05, 4.69) is 15.1 Å². The minimum Gasteiger partial charge on any atom is -0.341 e. The van der Waals surface area contributed by atoms with Gasteiger partial charge in [-0.3, -0.25) is 4.79 Å². The highest BCUT2D eigenvalue weighted by Gasteiger charge is 2.30. The maximum Gasteiger partial charge on any atom is 0.239 e. The molecule has 3 fully saturated rings. The van der Waals surface area contributed by atoms with Gasteiger partial charge in [-0.1, -0.05) is 12.8 Å². The first-order valence-corrected chi connectivity index (χ1v) is 9.07. The molecule has 1 N–H and O–H groups in total. The van der Waals surface area contributed by atoms with E-state index in [4.69, 9.17) is 0 Å². The lowest BCUT2D eigenvalue weighted by molar-refractivity contribution is -0.135. The molecule has 3 aliphatic heterocycles. The summed E-state index contributed by atoms with van der Waals surface area (Å²) >= 11 is 0. The minimum atomic E-state index is 0. The molecule has 0 aliphatic carbocycles. The number of nitrogens with one attached hydrogen (secondary N) is 1. The molecule has 0 bridgehead atoms. The summed E-state index contributed by atoms with van der Waals surface area (Å²) in [6, 6.07) is 0.113. The summed E-state index contributed by atoms with van der Waals surface area (Å²) in [5, 5.41) is 3.36. The molecule has 0 aromatic rings. The summed E-state index contributed by atoms with van der Waals surface area (Å²) in [4.78, 5) is 17.3. The minimum absolute atomic E-state index is 0. The second-order valence-corrected chi connectivity index (χ2v) is 7.16. The van der Waals surface area contributed by atoms with Crippen molar-refractivity contribution in [2.24, 2.45) is 5.92 Å². The molecular formula is C17H32ClN3O. The normalized spacial score (nSPS) is 30.6. The van der Waals surface area contributed by atoms with Gasteiger partial charge in [-0.25, -0.2) is 0 Å². The van der Waals surface area contributed by atoms with Gasteiger partial charge in [0.25, 0.3) is 0 Å². The molecule has 128 valence electrons. The van der Waals surface area contributed by atoms with Crippen LogP contribution in [-0.4, -0.2) is 61.0 Å². The zero-order valence-corrected chi connectivity index (χ0v) is 14.6. The summed E-state index contributed by atoms with van der Waals surface area (Å²) in [6.07, 6.45) is 10.2. The number of halogens is 1. The molecule has 3 rings (SSSR count). The molecule has 0 radical (unpaired) electrons. The van der Waals surface area contributed by atoms with Crippen LogP contribution in [0.1, 0.15) is 51.4 Å². The number of hydrogen-bond acceptors (Lipinski definition) is 3. The molecular weight excluding hydrogens is 298 g/mol. The maximum absolute atomic E-state index is 12.5. The average Bonchev–Trinajstić information content (AvgIpc) is 2.93. The first kappa shape index (κ1) is 18.0. The van der Waals surface area contributed by atoms with Gasteiger partial charge >= 0.3 is 0 Å². The molecule has 22 heavy (non-hydrogen) atoms. The Labute approximate surface area is 141 Å². The summed E-state index contributed by atoms with van der Waals surface area (Å²) in [6.45, 7) is 6.74. The Morgan fingerprint density at radius 3 is 2.41 bits per heavy atom. The molecule has 3 heterocycles. The quantitative estimate of drug-likeness (QED) is 0.863. The van der Waals surface area contributed by atoms with E-state index < -0.39 is 0 Å². The monoisotopic (exact) mass is 329 g/mol. The molecule has 4 nitrogen and oxygen atoms in total. The number of carbonyl (C=O) groups is 1. The van der Waals surface area contributed by atoms with Gasteiger partial charge < -0.3 is 15.1 Å². The van der Waals surface area contributed by atoms with E-state index in [9.17, 15) is 4.79 Å². The molecule has 1 unspecified atom stereocenters. The first-order chi connectivity index (χ1) is 10.3. The van der Waals surface area contributed by atoms with Crippen molar-refractivity contribution in [2.45, 2.75) is 57.4 Å². The van der Waals surface area contributed by atoms with Crippen LogP contribution in [0.4, 0.5) is 0 Å². The van der Waals surface area contributed by atoms with E-state index in [1.54, 1.807) is 0 Å². The summed E-state index contributed by atoms with van der Waals surface area (Å²) < 4.78 is 0. The van der Waals surface area contributed by atoms with Crippen molar-refractivity contribution in [3.63, 3.8) is 0 Å². The highest BCUT2D eigenvalue weighted by atomic mass is 35.5. The predicted octanol–water partition coefficient (Wildman–Crippen LogP) is 2.27. The van der Waals surface area contributed by atoms with Gasteiger partial charge in [0.05, 0.1) is 6.04 Å². The Balaban J connectivity index is 0.00000176. The Kier molecular flexibility index (Phi) is 7.45. The Morgan fingerprint density at radius 2 is 1.73 bits per heavy atom. The van der Waals surface area contributed by atoms with Crippen LogP contribution in [0.5, 0.6) is 0 Å². The third kappa shape index (κ3) is 4.84. The fourth-order valence-corrected chi connectivity index (χ4v) is 4.21. The molecule has 0 spiro atoms. The van der Waals surface area contributed by atoms with Crippen LogP contribution >= 0.6 is 12.4 Å². The van der Waals surface area contributed by atoms with E-state index >= 15 is 0 Å². The summed E-state index contributed by atoms with van der Waals surface area (Å²) in [7, 11) is 0. The Bertz CT molecular complexity index is 339. The van der Waals surface area contributed by atoms with Gasteiger partial charge in [0, 0.05) is 19.6 Å². The van der Waals surface area contributed by atoms with Crippen molar-refractivity contribution in [1.29, 1.82) is 0 Å². The first-order valence-electron chi connectivity index (χ1n) is 9.07. The van der Waals surface area contributed by atoms with E-state index in [1.807, 2.05) is 0 Å². The third-order valence-corrected chi connectivity index (χ3v) is 5.40. The van der Waals surface area contributed by atoms with Crippen molar-refractivity contribution in [2.75, 3.05) is 39.3 Å². The van der Waals surface area contributed by atoms with Gasteiger partial charge in [-0.15, -0.1) is 12.4 Å². The number of hydrogen-bond donors (Lipinski definition) is 1. The highest BCUT2D eigenvalue weighted by Crippen LogP contribution is 2.21. The molecule has 3 saturated heterocycles. The number of carbonyl (C=O) groups excluding carboxylic acids is 1. The molecule has 1 amide bonds. The zero-order valence-electron chi connectivity index (χ0n) is 13.8. The lowest BCUT2D eigenvalue weighted by Crippen LogP contribution is -2.49. The molecule has 5 heteroatoms. The summed E-state index contributed by atoms with van der Waals surface area (Å²) in [5.74, 6) is 1.07. The lowest BCUT2D eigenvalue weighted by Gasteiger charge is -2.36. The van der Waals surface area contributed by atoms with Crippen LogP contribution in [0.15, 0.2) is 0 Å². The lowest BCUT2D eigenvalue weighted by atomic mass is 9.96. The van der Waals surface area contributed by atoms with Crippen molar-refractivity contribution in [3.05, 3.63) is 0 Å². The van der Waals surface area contributed by atoms with Crippen molar-refractivity contribution in [1.82, 2.24) is 15.1 Å². The largest absolute Gasteiger partial charge is 0.341 e. The van der Waals surface area contributed by atoms with Crippen LogP contribution in [0, 0.1) is 5.92 Å². The van der Waals surface area contributed by atoms with Crippen molar-refractivity contribution < 1.29 is 4.79 Å². The van der Waals surface area contributed by atoms with Gasteiger partial charge in [0.2, 0.25) is 5.91 Å². The van der Waals surface area contributed by atoms with Crippen LogP contribution in [-0.2, 0) is 4.79 Å². The fourth-order valence-electron chi connectivity index (χ4n) is 4.21. The molecule has 0 aromatic carbocycles. The van der Waals surface area contributed by atoms with Crippen molar-refractivity contribution in [3.8, 4) is 0 Å². The second kappa shape index (κ2) is 9.09. The van der Waals surface area contributed by atoms with Crippen LogP contribution in [0.25, 0.3) is 0 Å². The number of amides is 1. The molecule has 2 atom stereocenters. The number of piperidine rings is 1. The van der Waals surface area contributed by atoms with Gasteiger partial charge in [0.1, 0.15) is 0 Å². The SMILES string of the molecule is Cl.O=C([C@@H]1CCCN1)N1CCCC(CN2CCCCCC2)C1. The Hall–Kier alpha value is -0.320. The van der Waals surface area contributed by atoms with E-state index in [0.717, 1.165) is 32.5 Å². The van der Waals surface area contributed by atoms with Gasteiger partial charge in [-0.2, -0.15) is 0 Å². The predicted molar refractivity (Wildman–Crippen MR) is 92.5 cm³/mol.